The molecule has 2 aliphatic rings. The highest BCUT2D eigenvalue weighted by Gasteiger charge is 2.61. The molecule has 2 unspecified atom stereocenters. The minimum atomic E-state index is -0.868. The first-order chi connectivity index (χ1) is 7.73. The molecule has 5 heteroatoms. The molecule has 17 heavy (non-hydrogen) atoms. The van der Waals surface area contributed by atoms with Crippen LogP contribution < -0.4 is 0 Å². The van der Waals surface area contributed by atoms with E-state index in [1.807, 2.05) is 27.8 Å². The van der Waals surface area contributed by atoms with Crippen molar-refractivity contribution < 1.29 is 14.7 Å². The number of carboxylic acid groups (broad SMARTS) is 1. The first-order valence-electron chi connectivity index (χ1n) is 5.99. The van der Waals surface area contributed by atoms with Crippen molar-refractivity contribution in [3.63, 3.8) is 0 Å². The number of fused-ring (bicyclic) bond motifs is 1. The zero-order chi connectivity index (χ0) is 13.0. The number of piperidine rings is 1. The van der Waals surface area contributed by atoms with E-state index in [1.165, 1.54) is 4.90 Å². The maximum atomic E-state index is 12.2. The van der Waals surface area contributed by atoms with Crippen LogP contribution in [0.15, 0.2) is 0 Å². The van der Waals surface area contributed by atoms with Gasteiger partial charge in [0, 0.05) is 31.6 Å². The Morgan fingerprint density at radius 3 is 2.06 bits per heavy atom. The van der Waals surface area contributed by atoms with Crippen LogP contribution in [0, 0.1) is 17.8 Å². The van der Waals surface area contributed by atoms with E-state index < -0.39 is 6.09 Å². The van der Waals surface area contributed by atoms with Crippen LogP contribution in [0.5, 0.6) is 0 Å². The summed E-state index contributed by atoms with van der Waals surface area (Å²) in [4.78, 5) is 26.2. The fraction of sp³-hybridized carbons (Fsp3) is 0.833. The van der Waals surface area contributed by atoms with Crippen molar-refractivity contribution >= 4 is 12.0 Å². The zero-order valence-corrected chi connectivity index (χ0v) is 10.8. The van der Waals surface area contributed by atoms with Gasteiger partial charge in [-0.2, -0.15) is 0 Å². The lowest BCUT2D eigenvalue weighted by molar-refractivity contribution is -0.136. The lowest BCUT2D eigenvalue weighted by atomic mass is 10.1. The van der Waals surface area contributed by atoms with Gasteiger partial charge in [-0.3, -0.25) is 4.79 Å². The first-order valence-corrected chi connectivity index (χ1v) is 5.99. The molecule has 96 valence electrons. The Bertz CT molecular complexity index is 349. The summed E-state index contributed by atoms with van der Waals surface area (Å²) in [6.45, 7) is 7.06. The molecule has 2 fully saturated rings. The van der Waals surface area contributed by atoms with Crippen LogP contribution in [0.3, 0.4) is 0 Å². The van der Waals surface area contributed by atoms with E-state index in [9.17, 15) is 9.59 Å². The molecule has 5 nitrogen and oxygen atoms in total. The van der Waals surface area contributed by atoms with Gasteiger partial charge in [-0.1, -0.05) is 0 Å². The van der Waals surface area contributed by atoms with Crippen molar-refractivity contribution in [2.45, 2.75) is 26.3 Å². The van der Waals surface area contributed by atoms with Crippen LogP contribution in [-0.2, 0) is 4.79 Å². The minimum absolute atomic E-state index is 0.0508. The molecule has 1 saturated heterocycles. The van der Waals surface area contributed by atoms with Crippen molar-refractivity contribution in [1.82, 2.24) is 9.80 Å². The Kier molecular flexibility index (Phi) is 2.60. The topological polar surface area (TPSA) is 60.9 Å². The third-order valence-corrected chi connectivity index (χ3v) is 4.09. The van der Waals surface area contributed by atoms with E-state index >= 15 is 0 Å². The Morgan fingerprint density at radius 1 is 1.24 bits per heavy atom. The molecule has 0 aromatic rings. The summed E-state index contributed by atoms with van der Waals surface area (Å²) in [6.07, 6.45) is -0.868. The smallest absolute Gasteiger partial charge is 0.407 e. The van der Waals surface area contributed by atoms with E-state index in [4.69, 9.17) is 5.11 Å². The van der Waals surface area contributed by atoms with Crippen LogP contribution in [0.1, 0.15) is 20.8 Å². The van der Waals surface area contributed by atoms with E-state index in [0.717, 1.165) is 0 Å². The molecular formula is C12H20N2O3. The average Bonchev–Trinajstić information content (AvgIpc) is 2.68. The quantitative estimate of drug-likeness (QED) is 0.746. The summed E-state index contributed by atoms with van der Waals surface area (Å²) >= 11 is 0. The first kappa shape index (κ1) is 12.2. The summed E-state index contributed by atoms with van der Waals surface area (Å²) in [5, 5.41) is 8.85. The van der Waals surface area contributed by atoms with Gasteiger partial charge in [0.15, 0.2) is 0 Å². The van der Waals surface area contributed by atoms with Gasteiger partial charge in [-0.15, -0.1) is 0 Å². The second-order valence-corrected chi connectivity index (χ2v) is 6.11. The molecule has 1 heterocycles. The van der Waals surface area contributed by atoms with Crippen LogP contribution in [0.25, 0.3) is 0 Å². The number of nitrogens with zero attached hydrogens (tertiary/aromatic N) is 2. The number of likely N-dealkylation sites (tertiary alicyclic amines) is 1. The fourth-order valence-electron chi connectivity index (χ4n) is 2.60. The van der Waals surface area contributed by atoms with E-state index in [0.29, 0.717) is 13.1 Å². The molecule has 1 aliphatic carbocycles. The van der Waals surface area contributed by atoms with Crippen molar-refractivity contribution in [2.24, 2.45) is 17.8 Å². The van der Waals surface area contributed by atoms with Gasteiger partial charge < -0.3 is 14.9 Å². The molecule has 1 saturated carbocycles. The summed E-state index contributed by atoms with van der Waals surface area (Å²) in [5.74, 6) is 0.721. The fourth-order valence-corrected chi connectivity index (χ4v) is 2.60. The highest BCUT2D eigenvalue weighted by Crippen LogP contribution is 2.52. The minimum Gasteiger partial charge on any atom is -0.465 e. The predicted octanol–water partition coefficient (Wildman–Crippen LogP) is 1.10. The molecular weight excluding hydrogens is 220 g/mol. The highest BCUT2D eigenvalue weighted by molar-refractivity contribution is 5.83. The number of amides is 2. The van der Waals surface area contributed by atoms with Crippen molar-refractivity contribution in [2.75, 3.05) is 20.1 Å². The Labute approximate surface area is 101 Å². The van der Waals surface area contributed by atoms with Crippen LogP contribution >= 0.6 is 0 Å². The maximum Gasteiger partial charge on any atom is 0.407 e. The van der Waals surface area contributed by atoms with Gasteiger partial charge in [0.1, 0.15) is 0 Å². The molecule has 0 bridgehead atoms. The van der Waals surface area contributed by atoms with Crippen molar-refractivity contribution in [1.29, 1.82) is 0 Å². The summed E-state index contributed by atoms with van der Waals surface area (Å²) < 4.78 is 0. The van der Waals surface area contributed by atoms with Gasteiger partial charge in [0.05, 0.1) is 0 Å². The summed E-state index contributed by atoms with van der Waals surface area (Å²) in [7, 11) is 1.82. The molecule has 1 N–H and O–H groups in total. The van der Waals surface area contributed by atoms with Crippen LogP contribution in [0.4, 0.5) is 4.79 Å². The molecule has 2 rings (SSSR count). The number of hydrogen-bond acceptors (Lipinski definition) is 2. The number of carbonyl (C=O) groups excluding carboxylic acids is 1. The largest absolute Gasteiger partial charge is 0.465 e. The Morgan fingerprint density at radius 2 is 1.71 bits per heavy atom. The standard InChI is InChI=1S/C12H20N2O3/c1-12(2,3)13(4)10(15)9-7-5-14(11(16)17)6-8(7)9/h7-9H,5-6H2,1-4H3,(H,16,17). The predicted molar refractivity (Wildman–Crippen MR) is 62.6 cm³/mol. The molecule has 0 spiro atoms. The van der Waals surface area contributed by atoms with E-state index in [-0.39, 0.29) is 29.2 Å². The van der Waals surface area contributed by atoms with Gasteiger partial charge >= 0.3 is 6.09 Å². The third-order valence-electron chi connectivity index (χ3n) is 4.09. The second kappa shape index (κ2) is 3.62. The van der Waals surface area contributed by atoms with Gasteiger partial charge in [0.2, 0.25) is 5.91 Å². The molecule has 0 aromatic carbocycles. The van der Waals surface area contributed by atoms with E-state index in [2.05, 4.69) is 0 Å². The molecule has 0 radical (unpaired) electrons. The summed E-state index contributed by atoms with van der Waals surface area (Å²) in [5.41, 5.74) is -0.166. The normalized spacial score (nSPS) is 31.1. The molecule has 1 aliphatic heterocycles. The van der Waals surface area contributed by atoms with Gasteiger partial charge in [-0.25, -0.2) is 4.79 Å². The maximum absolute atomic E-state index is 12.2. The van der Waals surface area contributed by atoms with Crippen LogP contribution in [0.2, 0.25) is 0 Å². The lowest BCUT2D eigenvalue weighted by Gasteiger charge is -2.33. The monoisotopic (exact) mass is 240 g/mol. The number of hydrogen-bond donors (Lipinski definition) is 1. The Hall–Kier alpha value is -1.26. The van der Waals surface area contributed by atoms with Gasteiger partial charge in [0.25, 0.3) is 0 Å². The molecule has 2 amide bonds. The van der Waals surface area contributed by atoms with E-state index in [1.54, 1.807) is 4.90 Å². The highest BCUT2D eigenvalue weighted by atomic mass is 16.4. The molecule has 0 aromatic heterocycles. The number of rotatable bonds is 1. The average molecular weight is 240 g/mol. The SMILES string of the molecule is CN(C(=O)C1C2CN(C(=O)O)CC21)C(C)(C)C. The second-order valence-electron chi connectivity index (χ2n) is 6.11. The van der Waals surface area contributed by atoms with Crippen molar-refractivity contribution in [3.8, 4) is 0 Å². The molecule has 2 atom stereocenters. The third kappa shape index (κ3) is 1.98. The lowest BCUT2D eigenvalue weighted by Crippen LogP contribution is -2.44. The van der Waals surface area contributed by atoms with Gasteiger partial charge in [-0.05, 0) is 32.6 Å². The number of carbonyl (C=O) groups is 2. The summed E-state index contributed by atoms with van der Waals surface area (Å²) in [6, 6.07) is 0. The Balaban J connectivity index is 1.94. The van der Waals surface area contributed by atoms with Crippen LogP contribution in [-0.4, -0.2) is 52.6 Å². The van der Waals surface area contributed by atoms with Crippen molar-refractivity contribution in [3.05, 3.63) is 0 Å². The zero-order valence-electron chi connectivity index (χ0n) is 10.8.